The van der Waals surface area contributed by atoms with Crippen LogP contribution in [-0.2, 0) is 4.79 Å². The van der Waals surface area contributed by atoms with Crippen molar-refractivity contribution in [3.8, 4) is 0 Å². The monoisotopic (exact) mass is 200 g/mol. The summed E-state index contributed by atoms with van der Waals surface area (Å²) in [7, 11) is 3.58. The van der Waals surface area contributed by atoms with E-state index in [-0.39, 0.29) is 5.91 Å². The van der Waals surface area contributed by atoms with E-state index in [2.05, 4.69) is 11.8 Å². The number of nitrogens with zero attached hydrogens (tertiary/aromatic N) is 2. The first-order valence-electron chi connectivity index (χ1n) is 4.38. The number of hydrogen-bond donors (Lipinski definition) is 0. The van der Waals surface area contributed by atoms with Crippen molar-refractivity contribution in [2.45, 2.75) is 13.8 Å². The first-order chi connectivity index (χ1) is 6.07. The Balaban J connectivity index is 2.81. The molecule has 0 radical (unpaired) electrons. The van der Waals surface area contributed by atoms with Gasteiger partial charge in [0.15, 0.2) is 0 Å². The summed E-state index contributed by atoms with van der Waals surface area (Å²) in [5.41, 5.74) is 1.12. The summed E-state index contributed by atoms with van der Waals surface area (Å²) in [5.74, 6) is 1.04. The molecule has 1 rings (SSSR count). The zero-order chi connectivity index (χ0) is 10.0. The van der Waals surface area contributed by atoms with Crippen LogP contribution in [0, 0.1) is 0 Å². The van der Waals surface area contributed by atoms with Crippen LogP contribution in [0.2, 0.25) is 0 Å². The molecule has 1 aliphatic rings. The Bertz CT molecular complexity index is 248. The Morgan fingerprint density at radius 3 is 2.62 bits per heavy atom. The second-order valence-corrected chi connectivity index (χ2v) is 4.20. The van der Waals surface area contributed by atoms with E-state index in [1.54, 1.807) is 30.8 Å². The predicted octanol–water partition coefficient (Wildman–Crippen LogP) is 1.33. The third kappa shape index (κ3) is 1.99. The first-order valence-corrected chi connectivity index (χ1v) is 5.36. The average molecular weight is 200 g/mol. The van der Waals surface area contributed by atoms with Crippen LogP contribution >= 0.6 is 11.8 Å². The van der Waals surface area contributed by atoms with Crippen molar-refractivity contribution in [2.75, 3.05) is 26.5 Å². The van der Waals surface area contributed by atoms with E-state index in [0.29, 0.717) is 0 Å². The molecule has 3 nitrogen and oxygen atoms in total. The maximum absolute atomic E-state index is 11.6. The summed E-state index contributed by atoms with van der Waals surface area (Å²) in [6, 6.07) is 0. The van der Waals surface area contributed by atoms with E-state index in [1.807, 2.05) is 6.92 Å². The van der Waals surface area contributed by atoms with Crippen molar-refractivity contribution in [2.24, 2.45) is 0 Å². The standard InChI is InChI=1S/C9H16N2OS/c1-5-11-6-13-8(7(11)2)9(12)10(3)4/h5-6H2,1-4H3. The number of thioether (sulfide) groups is 1. The first kappa shape index (κ1) is 10.4. The molecule has 0 unspecified atom stereocenters. The van der Waals surface area contributed by atoms with E-state index >= 15 is 0 Å². The molecule has 13 heavy (non-hydrogen) atoms. The van der Waals surface area contributed by atoms with Crippen LogP contribution in [0.5, 0.6) is 0 Å². The minimum Gasteiger partial charge on any atom is -0.365 e. The number of carbonyl (C=O) groups is 1. The number of rotatable bonds is 2. The molecule has 0 spiro atoms. The van der Waals surface area contributed by atoms with Crippen LogP contribution in [0.1, 0.15) is 13.8 Å². The molecule has 74 valence electrons. The molecular formula is C9H16N2OS. The van der Waals surface area contributed by atoms with Crippen molar-refractivity contribution in [1.82, 2.24) is 9.80 Å². The molecule has 1 amide bonds. The van der Waals surface area contributed by atoms with Gasteiger partial charge < -0.3 is 9.80 Å². The minimum atomic E-state index is 0.124. The molecule has 0 aliphatic carbocycles. The molecule has 1 aliphatic heterocycles. The average Bonchev–Trinajstić information content (AvgIpc) is 2.45. The molecule has 0 saturated heterocycles. The molecule has 0 fully saturated rings. The van der Waals surface area contributed by atoms with Gasteiger partial charge in [-0.1, -0.05) is 11.8 Å². The quantitative estimate of drug-likeness (QED) is 0.672. The Labute approximate surface area is 83.8 Å². The Morgan fingerprint density at radius 1 is 1.62 bits per heavy atom. The predicted molar refractivity (Wildman–Crippen MR) is 56.2 cm³/mol. The maximum atomic E-state index is 11.6. The van der Waals surface area contributed by atoms with Gasteiger partial charge >= 0.3 is 0 Å². The van der Waals surface area contributed by atoms with Crippen molar-refractivity contribution in [3.05, 3.63) is 10.6 Å². The SMILES string of the molecule is CCN1CSC(C(=O)N(C)C)=C1C. The molecule has 0 N–H and O–H groups in total. The molecule has 4 heteroatoms. The Morgan fingerprint density at radius 2 is 2.23 bits per heavy atom. The van der Waals surface area contributed by atoms with Crippen molar-refractivity contribution in [1.29, 1.82) is 0 Å². The van der Waals surface area contributed by atoms with E-state index in [1.165, 1.54) is 0 Å². The fraction of sp³-hybridized carbons (Fsp3) is 0.667. The third-order valence-corrected chi connectivity index (χ3v) is 3.35. The van der Waals surface area contributed by atoms with E-state index in [4.69, 9.17) is 0 Å². The minimum absolute atomic E-state index is 0.124. The highest BCUT2D eigenvalue weighted by atomic mass is 32.2. The highest BCUT2D eigenvalue weighted by molar-refractivity contribution is 8.04. The summed E-state index contributed by atoms with van der Waals surface area (Å²) in [4.78, 5) is 16.4. The number of carbonyl (C=O) groups excluding carboxylic acids is 1. The lowest BCUT2D eigenvalue weighted by Gasteiger charge is -2.16. The van der Waals surface area contributed by atoms with Crippen molar-refractivity contribution < 1.29 is 4.79 Å². The molecule has 0 saturated carbocycles. The van der Waals surface area contributed by atoms with E-state index in [0.717, 1.165) is 23.0 Å². The zero-order valence-electron chi connectivity index (χ0n) is 8.63. The van der Waals surface area contributed by atoms with Crippen LogP contribution in [0.25, 0.3) is 0 Å². The van der Waals surface area contributed by atoms with Crippen LogP contribution in [-0.4, -0.2) is 42.2 Å². The number of amides is 1. The van der Waals surface area contributed by atoms with Gasteiger partial charge in [-0.05, 0) is 13.8 Å². The fourth-order valence-corrected chi connectivity index (χ4v) is 2.54. The van der Waals surface area contributed by atoms with Gasteiger partial charge in [0.25, 0.3) is 5.91 Å². The number of allylic oxidation sites excluding steroid dienone is 1. The summed E-state index contributed by atoms with van der Waals surface area (Å²) in [5, 5.41) is 0. The lowest BCUT2D eigenvalue weighted by Crippen LogP contribution is -2.23. The highest BCUT2D eigenvalue weighted by Crippen LogP contribution is 2.32. The molecule has 0 aromatic carbocycles. The Hall–Kier alpha value is -0.640. The van der Waals surface area contributed by atoms with Crippen molar-refractivity contribution >= 4 is 17.7 Å². The molecule has 0 aromatic heterocycles. The van der Waals surface area contributed by atoms with Crippen LogP contribution < -0.4 is 0 Å². The second-order valence-electron chi connectivity index (χ2n) is 3.24. The summed E-state index contributed by atoms with van der Waals surface area (Å²) in [6.07, 6.45) is 0. The lowest BCUT2D eigenvalue weighted by atomic mass is 10.3. The van der Waals surface area contributed by atoms with Crippen molar-refractivity contribution in [3.63, 3.8) is 0 Å². The van der Waals surface area contributed by atoms with Crippen LogP contribution in [0.15, 0.2) is 10.6 Å². The molecule has 0 bridgehead atoms. The topological polar surface area (TPSA) is 23.6 Å². The Kier molecular flexibility index (Phi) is 3.25. The summed E-state index contributed by atoms with van der Waals surface area (Å²) < 4.78 is 0. The van der Waals surface area contributed by atoms with Gasteiger partial charge in [-0.25, -0.2) is 0 Å². The van der Waals surface area contributed by atoms with Crippen LogP contribution in [0.3, 0.4) is 0 Å². The van der Waals surface area contributed by atoms with Gasteiger partial charge in [-0.2, -0.15) is 0 Å². The normalized spacial score (nSPS) is 16.8. The zero-order valence-corrected chi connectivity index (χ0v) is 9.44. The molecular weight excluding hydrogens is 184 g/mol. The van der Waals surface area contributed by atoms with E-state index < -0.39 is 0 Å². The smallest absolute Gasteiger partial charge is 0.261 e. The summed E-state index contributed by atoms with van der Waals surface area (Å²) >= 11 is 1.63. The third-order valence-electron chi connectivity index (χ3n) is 2.15. The second kappa shape index (κ2) is 4.05. The molecule has 0 aromatic rings. The van der Waals surface area contributed by atoms with Gasteiger partial charge in [0.1, 0.15) is 0 Å². The fourth-order valence-electron chi connectivity index (χ4n) is 1.24. The number of hydrogen-bond acceptors (Lipinski definition) is 3. The lowest BCUT2D eigenvalue weighted by molar-refractivity contribution is -0.124. The van der Waals surface area contributed by atoms with Gasteiger partial charge in [-0.15, -0.1) is 0 Å². The number of likely N-dealkylation sites (N-methyl/N-ethyl adjacent to an activating group) is 1. The van der Waals surface area contributed by atoms with Gasteiger partial charge in [0.05, 0.1) is 10.8 Å². The van der Waals surface area contributed by atoms with Gasteiger partial charge in [-0.3, -0.25) is 4.79 Å². The highest BCUT2D eigenvalue weighted by Gasteiger charge is 2.24. The van der Waals surface area contributed by atoms with Gasteiger partial charge in [0, 0.05) is 26.3 Å². The van der Waals surface area contributed by atoms with E-state index in [9.17, 15) is 4.79 Å². The summed E-state index contributed by atoms with van der Waals surface area (Å²) in [6.45, 7) is 5.09. The largest absolute Gasteiger partial charge is 0.365 e. The molecule has 0 atom stereocenters. The maximum Gasteiger partial charge on any atom is 0.261 e. The molecule has 1 heterocycles. The van der Waals surface area contributed by atoms with Crippen LogP contribution in [0.4, 0.5) is 0 Å². The van der Waals surface area contributed by atoms with Gasteiger partial charge in [0.2, 0.25) is 0 Å².